The van der Waals surface area contributed by atoms with E-state index in [0.29, 0.717) is 5.92 Å². The van der Waals surface area contributed by atoms with Crippen molar-refractivity contribution in [1.29, 1.82) is 0 Å². The summed E-state index contributed by atoms with van der Waals surface area (Å²) in [6, 6.07) is 0. The molecule has 13 heavy (non-hydrogen) atoms. The monoisotopic (exact) mass is 182 g/mol. The molecule has 0 aromatic heterocycles. The first kappa shape index (κ1) is 9.51. The quantitative estimate of drug-likeness (QED) is 0.610. The lowest BCUT2D eigenvalue weighted by atomic mass is 10.1. The van der Waals surface area contributed by atoms with Gasteiger partial charge in [0.15, 0.2) is 0 Å². The van der Waals surface area contributed by atoms with Gasteiger partial charge in [0.25, 0.3) is 0 Å². The molecule has 0 unspecified atom stereocenters. The second kappa shape index (κ2) is 4.45. The predicted octanol–water partition coefficient (Wildman–Crippen LogP) is 3.12. The van der Waals surface area contributed by atoms with Crippen LogP contribution in [0.4, 0.5) is 0 Å². The second-order valence-corrected chi connectivity index (χ2v) is 4.93. The summed E-state index contributed by atoms with van der Waals surface area (Å²) >= 11 is 0. The number of rotatable bonds is 0. The van der Waals surface area contributed by atoms with Crippen LogP contribution in [0, 0.1) is 11.8 Å². The van der Waals surface area contributed by atoms with Crippen LogP contribution in [0.5, 0.6) is 0 Å². The van der Waals surface area contributed by atoms with E-state index >= 15 is 0 Å². The van der Waals surface area contributed by atoms with Crippen LogP contribution in [0.25, 0.3) is 0 Å². The van der Waals surface area contributed by atoms with Crippen LogP contribution < -0.4 is 0 Å². The fraction of sp³-hybridized carbons (Fsp3) is 1.00. The van der Waals surface area contributed by atoms with Crippen molar-refractivity contribution in [3.8, 4) is 0 Å². The Morgan fingerprint density at radius 3 is 2.15 bits per heavy atom. The van der Waals surface area contributed by atoms with Crippen LogP contribution in [0.1, 0.15) is 57.8 Å². The molecule has 2 aliphatic carbocycles. The molecular weight excluding hydrogens is 160 g/mol. The SMILES string of the molecule is O[C@H]1CCCCCCCC[C@H]2C[C@@H]21. The molecule has 0 heterocycles. The van der Waals surface area contributed by atoms with Gasteiger partial charge in [0.1, 0.15) is 0 Å². The van der Waals surface area contributed by atoms with Crippen molar-refractivity contribution in [2.24, 2.45) is 11.8 Å². The van der Waals surface area contributed by atoms with E-state index in [9.17, 15) is 5.11 Å². The van der Waals surface area contributed by atoms with Crippen LogP contribution >= 0.6 is 0 Å². The van der Waals surface area contributed by atoms with Gasteiger partial charge in [-0.2, -0.15) is 0 Å². The largest absolute Gasteiger partial charge is 0.393 e. The molecule has 0 aromatic rings. The van der Waals surface area contributed by atoms with E-state index in [0.717, 1.165) is 12.3 Å². The molecular formula is C12H22O. The molecule has 2 fully saturated rings. The van der Waals surface area contributed by atoms with Gasteiger partial charge in [0, 0.05) is 0 Å². The second-order valence-electron chi connectivity index (χ2n) is 4.93. The van der Waals surface area contributed by atoms with E-state index in [1.54, 1.807) is 0 Å². The molecule has 0 aliphatic heterocycles. The summed E-state index contributed by atoms with van der Waals surface area (Å²) in [7, 11) is 0. The Bertz CT molecular complexity index is 155. The zero-order chi connectivity index (χ0) is 9.10. The molecule has 2 saturated carbocycles. The van der Waals surface area contributed by atoms with Gasteiger partial charge in [-0.25, -0.2) is 0 Å². The highest BCUT2D eigenvalue weighted by Gasteiger charge is 2.41. The summed E-state index contributed by atoms with van der Waals surface area (Å²) in [6.45, 7) is 0. The maximum Gasteiger partial charge on any atom is 0.0571 e. The highest BCUT2D eigenvalue weighted by atomic mass is 16.3. The first-order valence-corrected chi connectivity index (χ1v) is 6.06. The van der Waals surface area contributed by atoms with Crippen molar-refractivity contribution in [2.45, 2.75) is 63.9 Å². The van der Waals surface area contributed by atoms with E-state index in [-0.39, 0.29) is 6.10 Å². The van der Waals surface area contributed by atoms with E-state index < -0.39 is 0 Å². The molecule has 2 rings (SSSR count). The Labute approximate surface area is 81.5 Å². The van der Waals surface area contributed by atoms with Gasteiger partial charge in [0.2, 0.25) is 0 Å². The summed E-state index contributed by atoms with van der Waals surface area (Å²) in [5.74, 6) is 1.59. The highest BCUT2D eigenvalue weighted by molar-refractivity contribution is 4.91. The fourth-order valence-corrected chi connectivity index (χ4v) is 2.76. The Morgan fingerprint density at radius 2 is 1.38 bits per heavy atom. The average molecular weight is 182 g/mol. The third kappa shape index (κ3) is 2.70. The summed E-state index contributed by atoms with van der Waals surface area (Å²) in [6.07, 6.45) is 12.1. The minimum absolute atomic E-state index is 0.0445. The zero-order valence-electron chi connectivity index (χ0n) is 8.54. The highest BCUT2D eigenvalue weighted by Crippen LogP contribution is 2.46. The Hall–Kier alpha value is -0.0400. The van der Waals surface area contributed by atoms with Crippen molar-refractivity contribution in [1.82, 2.24) is 0 Å². The molecule has 1 nitrogen and oxygen atoms in total. The van der Waals surface area contributed by atoms with Crippen molar-refractivity contribution in [3.63, 3.8) is 0 Å². The first-order chi connectivity index (χ1) is 6.38. The zero-order valence-corrected chi connectivity index (χ0v) is 8.54. The fourth-order valence-electron chi connectivity index (χ4n) is 2.76. The molecule has 0 amide bonds. The van der Waals surface area contributed by atoms with Crippen LogP contribution in [0.15, 0.2) is 0 Å². The average Bonchev–Trinajstić information content (AvgIpc) is 2.87. The van der Waals surface area contributed by atoms with E-state index in [1.165, 1.54) is 51.4 Å². The Balaban J connectivity index is 1.78. The van der Waals surface area contributed by atoms with E-state index in [4.69, 9.17) is 0 Å². The van der Waals surface area contributed by atoms with Gasteiger partial charge in [0.05, 0.1) is 6.10 Å². The Kier molecular flexibility index (Phi) is 3.26. The van der Waals surface area contributed by atoms with Gasteiger partial charge in [-0.15, -0.1) is 0 Å². The lowest BCUT2D eigenvalue weighted by molar-refractivity contribution is 0.131. The van der Waals surface area contributed by atoms with Crippen LogP contribution in [0.3, 0.4) is 0 Å². The van der Waals surface area contributed by atoms with E-state index in [1.807, 2.05) is 0 Å². The van der Waals surface area contributed by atoms with Crippen molar-refractivity contribution < 1.29 is 5.11 Å². The molecule has 76 valence electrons. The number of aliphatic hydroxyl groups is 1. The third-order valence-corrected chi connectivity index (χ3v) is 3.80. The van der Waals surface area contributed by atoms with Crippen molar-refractivity contribution in [3.05, 3.63) is 0 Å². The summed E-state index contributed by atoms with van der Waals surface area (Å²) < 4.78 is 0. The molecule has 0 aromatic carbocycles. The molecule has 1 heteroatoms. The van der Waals surface area contributed by atoms with Gasteiger partial charge in [-0.1, -0.05) is 44.9 Å². The number of fused-ring (bicyclic) bond motifs is 1. The number of hydrogen-bond acceptors (Lipinski definition) is 1. The summed E-state index contributed by atoms with van der Waals surface area (Å²) in [4.78, 5) is 0. The van der Waals surface area contributed by atoms with Crippen molar-refractivity contribution >= 4 is 0 Å². The molecule has 0 radical (unpaired) electrons. The predicted molar refractivity (Wildman–Crippen MR) is 54.5 cm³/mol. The van der Waals surface area contributed by atoms with Gasteiger partial charge in [-0.3, -0.25) is 0 Å². The van der Waals surface area contributed by atoms with Gasteiger partial charge >= 0.3 is 0 Å². The lowest BCUT2D eigenvalue weighted by Crippen LogP contribution is -2.10. The summed E-state index contributed by atoms with van der Waals surface area (Å²) in [5, 5.41) is 9.83. The number of aliphatic hydroxyl groups excluding tert-OH is 1. The first-order valence-electron chi connectivity index (χ1n) is 6.06. The van der Waals surface area contributed by atoms with Crippen LogP contribution in [-0.2, 0) is 0 Å². The normalized spacial score (nSPS) is 41.8. The minimum Gasteiger partial charge on any atom is -0.393 e. The molecule has 0 spiro atoms. The summed E-state index contributed by atoms with van der Waals surface area (Å²) in [5.41, 5.74) is 0. The van der Waals surface area contributed by atoms with Crippen LogP contribution in [0.2, 0.25) is 0 Å². The minimum atomic E-state index is 0.0445. The number of hydrogen-bond donors (Lipinski definition) is 1. The molecule has 3 atom stereocenters. The lowest BCUT2D eigenvalue weighted by Gasteiger charge is -2.08. The van der Waals surface area contributed by atoms with E-state index in [2.05, 4.69) is 0 Å². The topological polar surface area (TPSA) is 20.2 Å². The van der Waals surface area contributed by atoms with Crippen molar-refractivity contribution in [2.75, 3.05) is 0 Å². The molecule has 0 bridgehead atoms. The van der Waals surface area contributed by atoms with Gasteiger partial charge < -0.3 is 5.11 Å². The molecule has 1 N–H and O–H groups in total. The maximum atomic E-state index is 9.83. The van der Waals surface area contributed by atoms with Gasteiger partial charge in [-0.05, 0) is 24.7 Å². The Morgan fingerprint density at radius 1 is 0.769 bits per heavy atom. The smallest absolute Gasteiger partial charge is 0.0571 e. The maximum absolute atomic E-state index is 9.83. The standard InChI is InChI=1S/C12H22O/c13-12-8-6-4-2-1-3-5-7-10-9-11(10)12/h10-13H,1-9H2/t10-,11-,12-/m0/s1. The third-order valence-electron chi connectivity index (χ3n) is 3.80. The van der Waals surface area contributed by atoms with Crippen LogP contribution in [-0.4, -0.2) is 11.2 Å². The molecule has 0 saturated heterocycles. The molecule has 2 aliphatic rings.